The summed E-state index contributed by atoms with van der Waals surface area (Å²) < 4.78 is 6.87. The average molecular weight is 262 g/mol. The van der Waals surface area contributed by atoms with Crippen molar-refractivity contribution in [2.75, 3.05) is 7.11 Å². The van der Waals surface area contributed by atoms with Crippen LogP contribution in [0.2, 0.25) is 0 Å². The van der Waals surface area contributed by atoms with Gasteiger partial charge in [-0.3, -0.25) is 0 Å². The first kappa shape index (κ1) is 12.1. The molecule has 0 aliphatic heterocycles. The normalized spacial score (nSPS) is 19.7. The van der Waals surface area contributed by atoms with Gasteiger partial charge in [0.05, 0.1) is 20.8 Å². The number of hydrogen-bond donors (Lipinski definition) is 1. The van der Waals surface area contributed by atoms with Crippen LogP contribution >= 0.6 is 11.3 Å². The van der Waals surface area contributed by atoms with Gasteiger partial charge in [0, 0.05) is 19.6 Å². The fraction of sp³-hybridized carbons (Fsp3) is 0.500. The fourth-order valence-electron chi connectivity index (χ4n) is 2.63. The standard InChI is InChI=1S/C14H18N2OS/c1-17-14(7-4-8-14)12(15)9-13-16-10-5-2-3-6-11(10)18-13/h2-3,5-6,12H,4,7-9,15H2,1H3. The van der Waals surface area contributed by atoms with Crippen molar-refractivity contribution < 1.29 is 4.74 Å². The van der Waals surface area contributed by atoms with E-state index in [1.54, 1.807) is 18.4 Å². The van der Waals surface area contributed by atoms with E-state index in [-0.39, 0.29) is 11.6 Å². The van der Waals surface area contributed by atoms with Gasteiger partial charge in [-0.25, -0.2) is 4.98 Å². The zero-order chi connectivity index (χ0) is 12.6. The van der Waals surface area contributed by atoms with E-state index in [0.29, 0.717) is 0 Å². The average Bonchev–Trinajstić information content (AvgIpc) is 2.70. The summed E-state index contributed by atoms with van der Waals surface area (Å²) in [4.78, 5) is 4.64. The number of ether oxygens (including phenoxy) is 1. The summed E-state index contributed by atoms with van der Waals surface area (Å²) >= 11 is 1.74. The number of nitrogens with two attached hydrogens (primary N) is 1. The van der Waals surface area contributed by atoms with E-state index in [0.717, 1.165) is 29.8 Å². The second-order valence-corrected chi connectivity index (χ2v) is 6.12. The van der Waals surface area contributed by atoms with Crippen molar-refractivity contribution in [2.24, 2.45) is 5.73 Å². The zero-order valence-corrected chi connectivity index (χ0v) is 11.4. The molecule has 4 heteroatoms. The van der Waals surface area contributed by atoms with Crippen LogP contribution in [0.4, 0.5) is 0 Å². The molecule has 1 unspecified atom stereocenters. The second-order valence-electron chi connectivity index (χ2n) is 5.01. The number of methoxy groups -OCH3 is 1. The smallest absolute Gasteiger partial charge is 0.0955 e. The molecule has 1 saturated carbocycles. The molecule has 96 valence electrons. The van der Waals surface area contributed by atoms with E-state index in [2.05, 4.69) is 17.1 Å². The van der Waals surface area contributed by atoms with Gasteiger partial charge in [-0.15, -0.1) is 11.3 Å². The third kappa shape index (κ3) is 1.94. The number of benzene rings is 1. The lowest BCUT2D eigenvalue weighted by molar-refractivity contribution is -0.0896. The number of thiazole rings is 1. The molecule has 18 heavy (non-hydrogen) atoms. The van der Waals surface area contributed by atoms with Gasteiger partial charge in [-0.05, 0) is 31.4 Å². The van der Waals surface area contributed by atoms with Crippen molar-refractivity contribution in [3.63, 3.8) is 0 Å². The topological polar surface area (TPSA) is 48.1 Å². The van der Waals surface area contributed by atoms with Gasteiger partial charge in [-0.1, -0.05) is 12.1 Å². The summed E-state index contributed by atoms with van der Waals surface area (Å²) in [6.07, 6.45) is 4.19. The highest BCUT2D eigenvalue weighted by Gasteiger charge is 2.42. The molecular weight excluding hydrogens is 244 g/mol. The van der Waals surface area contributed by atoms with Crippen molar-refractivity contribution in [1.82, 2.24) is 4.98 Å². The summed E-state index contributed by atoms with van der Waals surface area (Å²) in [5.74, 6) is 0. The highest BCUT2D eigenvalue weighted by molar-refractivity contribution is 7.18. The van der Waals surface area contributed by atoms with Crippen LogP contribution in [0.15, 0.2) is 24.3 Å². The maximum Gasteiger partial charge on any atom is 0.0955 e. The third-order valence-corrected chi connectivity index (χ3v) is 5.07. The summed E-state index contributed by atoms with van der Waals surface area (Å²) in [6, 6.07) is 8.28. The molecular formula is C14H18N2OS. The second kappa shape index (κ2) is 4.61. The summed E-state index contributed by atoms with van der Waals surface area (Å²) in [7, 11) is 1.78. The molecule has 1 aliphatic rings. The van der Waals surface area contributed by atoms with Crippen molar-refractivity contribution in [3.05, 3.63) is 29.3 Å². The Morgan fingerprint density at radius 2 is 2.22 bits per heavy atom. The SMILES string of the molecule is COC1(C(N)Cc2nc3ccccc3s2)CCC1. The number of fused-ring (bicyclic) bond motifs is 1. The number of rotatable bonds is 4. The lowest BCUT2D eigenvalue weighted by Gasteiger charge is -2.44. The maximum absolute atomic E-state index is 6.32. The molecule has 1 aliphatic carbocycles. The molecule has 0 bridgehead atoms. The van der Waals surface area contributed by atoms with Crippen LogP contribution in [0.5, 0.6) is 0 Å². The lowest BCUT2D eigenvalue weighted by Crippen LogP contribution is -2.55. The Balaban J connectivity index is 1.79. The summed E-state index contributed by atoms with van der Waals surface area (Å²) in [5.41, 5.74) is 7.29. The summed E-state index contributed by atoms with van der Waals surface area (Å²) in [6.45, 7) is 0. The van der Waals surface area contributed by atoms with Gasteiger partial charge in [-0.2, -0.15) is 0 Å². The van der Waals surface area contributed by atoms with Gasteiger partial charge < -0.3 is 10.5 Å². The van der Waals surface area contributed by atoms with Crippen molar-refractivity contribution >= 4 is 21.6 Å². The maximum atomic E-state index is 6.32. The molecule has 0 saturated heterocycles. The Morgan fingerprint density at radius 3 is 2.83 bits per heavy atom. The predicted octanol–water partition coefficient (Wildman–Crippen LogP) is 2.74. The van der Waals surface area contributed by atoms with Gasteiger partial charge in [0.25, 0.3) is 0 Å². The molecule has 1 aromatic carbocycles. The third-order valence-electron chi connectivity index (χ3n) is 4.01. The molecule has 0 amide bonds. The Morgan fingerprint density at radius 1 is 1.44 bits per heavy atom. The quantitative estimate of drug-likeness (QED) is 0.921. The van der Waals surface area contributed by atoms with E-state index in [1.807, 2.05) is 12.1 Å². The van der Waals surface area contributed by atoms with Crippen LogP contribution in [0.3, 0.4) is 0 Å². The van der Waals surface area contributed by atoms with Gasteiger partial charge in [0.2, 0.25) is 0 Å². The first-order valence-electron chi connectivity index (χ1n) is 6.39. The van der Waals surface area contributed by atoms with Gasteiger partial charge in [0.1, 0.15) is 0 Å². The molecule has 0 radical (unpaired) electrons. The molecule has 3 rings (SSSR count). The van der Waals surface area contributed by atoms with Crippen LogP contribution in [0, 0.1) is 0 Å². The van der Waals surface area contributed by atoms with Gasteiger partial charge in [0.15, 0.2) is 0 Å². The molecule has 1 heterocycles. The Bertz CT molecular complexity index is 509. The van der Waals surface area contributed by atoms with Crippen LogP contribution in [-0.2, 0) is 11.2 Å². The highest BCUT2D eigenvalue weighted by atomic mass is 32.1. The molecule has 2 aromatic rings. The number of nitrogens with zero attached hydrogens (tertiary/aromatic N) is 1. The van der Waals surface area contributed by atoms with Crippen LogP contribution in [0.25, 0.3) is 10.2 Å². The van der Waals surface area contributed by atoms with Crippen LogP contribution in [0.1, 0.15) is 24.3 Å². The van der Waals surface area contributed by atoms with E-state index in [9.17, 15) is 0 Å². The highest BCUT2D eigenvalue weighted by Crippen LogP contribution is 2.38. The molecule has 1 fully saturated rings. The first-order chi connectivity index (χ1) is 8.73. The Kier molecular flexibility index (Phi) is 3.09. The molecule has 1 aromatic heterocycles. The van der Waals surface area contributed by atoms with E-state index < -0.39 is 0 Å². The van der Waals surface area contributed by atoms with E-state index >= 15 is 0 Å². The minimum Gasteiger partial charge on any atom is -0.377 e. The number of aromatic nitrogens is 1. The number of para-hydroxylation sites is 1. The molecule has 1 atom stereocenters. The predicted molar refractivity (Wildman–Crippen MR) is 74.9 cm³/mol. The van der Waals surface area contributed by atoms with E-state index in [1.165, 1.54) is 11.1 Å². The Labute approximate surface area is 111 Å². The minimum atomic E-state index is -0.0994. The molecule has 3 nitrogen and oxygen atoms in total. The van der Waals surface area contributed by atoms with Crippen molar-refractivity contribution in [3.8, 4) is 0 Å². The van der Waals surface area contributed by atoms with E-state index in [4.69, 9.17) is 10.5 Å². The zero-order valence-electron chi connectivity index (χ0n) is 10.6. The van der Waals surface area contributed by atoms with Crippen LogP contribution in [-0.4, -0.2) is 23.7 Å². The summed E-state index contributed by atoms with van der Waals surface area (Å²) in [5, 5.41) is 1.12. The van der Waals surface area contributed by atoms with Gasteiger partial charge >= 0.3 is 0 Å². The largest absolute Gasteiger partial charge is 0.377 e. The Hall–Kier alpha value is -0.970. The van der Waals surface area contributed by atoms with Crippen molar-refractivity contribution in [2.45, 2.75) is 37.3 Å². The van der Waals surface area contributed by atoms with Crippen LogP contribution < -0.4 is 5.73 Å². The number of hydrogen-bond acceptors (Lipinski definition) is 4. The monoisotopic (exact) mass is 262 g/mol. The first-order valence-corrected chi connectivity index (χ1v) is 7.20. The lowest BCUT2D eigenvalue weighted by atomic mass is 9.74. The molecule has 0 spiro atoms. The molecule has 2 N–H and O–H groups in total. The minimum absolute atomic E-state index is 0.0526. The van der Waals surface area contributed by atoms with Crippen molar-refractivity contribution in [1.29, 1.82) is 0 Å². The fourth-order valence-corrected chi connectivity index (χ4v) is 3.66.